The number of hydrogen-bond acceptors (Lipinski definition) is 3. The van der Waals surface area contributed by atoms with E-state index in [1.807, 2.05) is 0 Å². The Kier molecular flexibility index (Phi) is 4.30. The molecule has 1 saturated heterocycles. The monoisotopic (exact) mass is 323 g/mol. The molecule has 3 heteroatoms. The molecule has 126 valence electrons. The van der Waals surface area contributed by atoms with E-state index in [1.54, 1.807) is 0 Å². The van der Waals surface area contributed by atoms with Crippen molar-refractivity contribution in [2.75, 3.05) is 18.2 Å². The van der Waals surface area contributed by atoms with E-state index >= 15 is 0 Å². The van der Waals surface area contributed by atoms with Crippen LogP contribution in [0.15, 0.2) is 36.4 Å². The Morgan fingerprint density at radius 2 is 1.96 bits per heavy atom. The molecule has 0 aromatic heterocycles. The minimum Gasteiger partial charge on any atom is -0.353 e. The zero-order valence-electron chi connectivity index (χ0n) is 14.5. The lowest BCUT2D eigenvalue weighted by Gasteiger charge is -2.36. The second-order valence-corrected chi connectivity index (χ2v) is 6.84. The van der Waals surface area contributed by atoms with E-state index in [2.05, 4.69) is 55.1 Å². The summed E-state index contributed by atoms with van der Waals surface area (Å²) in [6, 6.07) is 13.1. The summed E-state index contributed by atoms with van der Waals surface area (Å²) in [4.78, 5) is 2.33. The highest BCUT2D eigenvalue weighted by Gasteiger charge is 2.26. The lowest BCUT2D eigenvalue weighted by molar-refractivity contribution is -0.160. The molecule has 0 bridgehead atoms. The Morgan fingerprint density at radius 3 is 2.79 bits per heavy atom. The topological polar surface area (TPSA) is 21.7 Å². The van der Waals surface area contributed by atoms with Crippen LogP contribution in [-0.4, -0.2) is 19.6 Å². The van der Waals surface area contributed by atoms with Gasteiger partial charge in [-0.1, -0.05) is 30.3 Å². The predicted octanol–water partition coefficient (Wildman–Crippen LogP) is 4.85. The van der Waals surface area contributed by atoms with E-state index in [4.69, 9.17) is 9.47 Å². The number of benzene rings is 2. The molecule has 0 spiro atoms. The van der Waals surface area contributed by atoms with Gasteiger partial charge in [0.1, 0.15) is 6.73 Å². The highest BCUT2D eigenvalue weighted by molar-refractivity contribution is 5.77. The molecule has 2 aromatic rings. The summed E-state index contributed by atoms with van der Waals surface area (Å²) in [5.41, 5.74) is 7.98. The van der Waals surface area contributed by atoms with Crippen molar-refractivity contribution in [3.63, 3.8) is 0 Å². The first-order valence-corrected chi connectivity index (χ1v) is 8.92. The van der Waals surface area contributed by atoms with Gasteiger partial charge in [0.15, 0.2) is 6.29 Å². The molecule has 0 radical (unpaired) electrons. The second kappa shape index (κ2) is 6.58. The van der Waals surface area contributed by atoms with Crippen LogP contribution >= 0.6 is 0 Å². The van der Waals surface area contributed by atoms with Crippen LogP contribution in [0.2, 0.25) is 0 Å². The summed E-state index contributed by atoms with van der Waals surface area (Å²) in [6.07, 6.45) is 4.25. The lowest BCUT2D eigenvalue weighted by atomic mass is 9.92. The molecule has 1 fully saturated rings. The van der Waals surface area contributed by atoms with Crippen molar-refractivity contribution >= 4 is 11.4 Å². The Bertz CT molecular complexity index is 735. The normalized spacial score (nSPS) is 19.8. The van der Waals surface area contributed by atoms with Crippen molar-refractivity contribution in [3.8, 4) is 0 Å². The van der Waals surface area contributed by atoms with Gasteiger partial charge in [-0.15, -0.1) is 0 Å². The van der Waals surface area contributed by atoms with Gasteiger partial charge in [0.05, 0.1) is 0 Å². The standard InChI is InChI=1S/C21H25NO2/c1-15-10-11-18-13-17-7-3-4-8-19(17)22(21(18)16(15)2)14-24-20-9-5-6-12-23-20/h3-4,7-8,10-11,20H,5-6,9,12-14H2,1-2H3. The Hall–Kier alpha value is -1.84. The molecule has 0 N–H and O–H groups in total. The van der Waals surface area contributed by atoms with Gasteiger partial charge in [0, 0.05) is 24.4 Å². The first-order valence-electron chi connectivity index (χ1n) is 8.92. The van der Waals surface area contributed by atoms with Crippen molar-refractivity contribution in [1.82, 2.24) is 0 Å². The molecule has 2 heterocycles. The van der Waals surface area contributed by atoms with Gasteiger partial charge < -0.3 is 14.4 Å². The van der Waals surface area contributed by atoms with Crippen LogP contribution in [0.3, 0.4) is 0 Å². The van der Waals surface area contributed by atoms with Gasteiger partial charge in [-0.2, -0.15) is 0 Å². The summed E-state index contributed by atoms with van der Waals surface area (Å²) in [7, 11) is 0. The van der Waals surface area contributed by atoms with Crippen molar-refractivity contribution in [3.05, 3.63) is 58.7 Å². The van der Waals surface area contributed by atoms with Crippen LogP contribution in [0.5, 0.6) is 0 Å². The van der Waals surface area contributed by atoms with Crippen molar-refractivity contribution < 1.29 is 9.47 Å². The molecule has 2 aromatic carbocycles. The molecule has 24 heavy (non-hydrogen) atoms. The van der Waals surface area contributed by atoms with E-state index in [0.29, 0.717) is 6.73 Å². The molecule has 3 nitrogen and oxygen atoms in total. The molecular weight excluding hydrogens is 298 g/mol. The molecule has 1 unspecified atom stereocenters. The third-order valence-electron chi connectivity index (χ3n) is 5.25. The first-order chi connectivity index (χ1) is 11.7. The van der Waals surface area contributed by atoms with Crippen LogP contribution in [0, 0.1) is 13.8 Å². The highest BCUT2D eigenvalue weighted by Crippen LogP contribution is 2.41. The maximum Gasteiger partial charge on any atom is 0.159 e. The molecule has 4 rings (SSSR count). The van der Waals surface area contributed by atoms with E-state index < -0.39 is 0 Å². The van der Waals surface area contributed by atoms with Crippen molar-refractivity contribution in [2.45, 2.75) is 45.8 Å². The number of rotatable bonds is 3. The molecule has 2 aliphatic rings. The largest absolute Gasteiger partial charge is 0.353 e. The summed E-state index contributed by atoms with van der Waals surface area (Å²) in [5, 5.41) is 0. The lowest BCUT2D eigenvalue weighted by Crippen LogP contribution is -2.32. The predicted molar refractivity (Wildman–Crippen MR) is 96.8 cm³/mol. The third kappa shape index (κ3) is 2.83. The van der Waals surface area contributed by atoms with E-state index in [-0.39, 0.29) is 6.29 Å². The summed E-state index contributed by atoms with van der Waals surface area (Å²) < 4.78 is 11.9. The maximum atomic E-state index is 6.13. The van der Waals surface area contributed by atoms with Crippen LogP contribution in [0.4, 0.5) is 11.4 Å². The number of aryl methyl sites for hydroxylation is 1. The van der Waals surface area contributed by atoms with Gasteiger partial charge in [-0.25, -0.2) is 0 Å². The minimum absolute atomic E-state index is 0.0681. The van der Waals surface area contributed by atoms with Crippen molar-refractivity contribution in [1.29, 1.82) is 0 Å². The zero-order valence-corrected chi connectivity index (χ0v) is 14.5. The quantitative estimate of drug-likeness (QED) is 0.806. The second-order valence-electron chi connectivity index (χ2n) is 6.84. The SMILES string of the molecule is Cc1ccc2c(c1C)N(COC1CCCCO1)c1ccccc1C2. The highest BCUT2D eigenvalue weighted by atomic mass is 16.7. The van der Waals surface area contributed by atoms with Crippen LogP contribution < -0.4 is 4.90 Å². The third-order valence-corrected chi connectivity index (χ3v) is 5.25. The fraction of sp³-hybridized carbons (Fsp3) is 0.429. The van der Waals surface area contributed by atoms with Crippen LogP contribution in [0.25, 0.3) is 0 Å². The Morgan fingerprint density at radius 1 is 1.08 bits per heavy atom. The first kappa shape index (κ1) is 15.7. The molecule has 2 aliphatic heterocycles. The molecular formula is C21H25NO2. The zero-order chi connectivity index (χ0) is 16.5. The fourth-order valence-electron chi connectivity index (χ4n) is 3.76. The average molecular weight is 323 g/mol. The molecule has 0 amide bonds. The number of nitrogens with zero attached hydrogens (tertiary/aromatic N) is 1. The summed E-state index contributed by atoms with van der Waals surface area (Å²) in [6.45, 7) is 5.75. The smallest absolute Gasteiger partial charge is 0.159 e. The van der Waals surface area contributed by atoms with Gasteiger partial charge in [-0.05, 0) is 61.4 Å². The minimum atomic E-state index is -0.0681. The Balaban J connectivity index is 1.67. The summed E-state index contributed by atoms with van der Waals surface area (Å²) in [5.74, 6) is 0. The van der Waals surface area contributed by atoms with Gasteiger partial charge >= 0.3 is 0 Å². The number of para-hydroxylation sites is 1. The van der Waals surface area contributed by atoms with E-state index in [1.165, 1.54) is 40.0 Å². The van der Waals surface area contributed by atoms with Crippen LogP contribution in [-0.2, 0) is 15.9 Å². The maximum absolute atomic E-state index is 6.13. The Labute approximate surface area is 144 Å². The fourth-order valence-corrected chi connectivity index (χ4v) is 3.76. The van der Waals surface area contributed by atoms with Gasteiger partial charge in [0.25, 0.3) is 0 Å². The number of ether oxygens (including phenoxy) is 2. The van der Waals surface area contributed by atoms with Crippen LogP contribution in [0.1, 0.15) is 41.5 Å². The average Bonchev–Trinajstić information content (AvgIpc) is 2.63. The molecule has 0 saturated carbocycles. The number of hydrogen-bond donors (Lipinski definition) is 0. The summed E-state index contributed by atoms with van der Waals surface area (Å²) >= 11 is 0. The molecule has 0 aliphatic carbocycles. The van der Waals surface area contributed by atoms with Gasteiger partial charge in [0.2, 0.25) is 0 Å². The van der Waals surface area contributed by atoms with Crippen molar-refractivity contribution in [2.24, 2.45) is 0 Å². The number of anilines is 2. The van der Waals surface area contributed by atoms with Gasteiger partial charge in [-0.3, -0.25) is 0 Å². The van der Waals surface area contributed by atoms with E-state index in [0.717, 1.165) is 25.9 Å². The number of fused-ring (bicyclic) bond motifs is 2. The molecule has 1 atom stereocenters. The van der Waals surface area contributed by atoms with E-state index in [9.17, 15) is 0 Å².